The van der Waals surface area contributed by atoms with Gasteiger partial charge in [-0.3, -0.25) is 4.57 Å². The van der Waals surface area contributed by atoms with Crippen molar-refractivity contribution in [1.82, 2.24) is 5.25 Å². The maximum absolute atomic E-state index is 14.6. The van der Waals surface area contributed by atoms with E-state index in [-0.39, 0.29) is 12.0 Å². The third-order valence-corrected chi connectivity index (χ3v) is 7.09. The van der Waals surface area contributed by atoms with Gasteiger partial charge in [0.05, 0.1) is 6.61 Å². The van der Waals surface area contributed by atoms with Gasteiger partial charge >= 0.3 is 0 Å². The minimum atomic E-state index is -3.54. The summed E-state index contributed by atoms with van der Waals surface area (Å²) in [6.07, 6.45) is 10.6. The van der Waals surface area contributed by atoms with Crippen LogP contribution < -0.4 is 9.99 Å². The fourth-order valence-electron chi connectivity index (χ4n) is 3.91. The largest absolute Gasteiger partial charge is 0.493 e. The van der Waals surface area contributed by atoms with Gasteiger partial charge in [0.25, 0.3) is 7.52 Å². The Morgan fingerprint density at radius 3 is 2.12 bits per heavy atom. The second kappa shape index (κ2) is 15.3. The number of hydrogen-bond acceptors (Lipinski definition) is 3. The van der Waals surface area contributed by atoms with E-state index in [9.17, 15) is 18.2 Å². The first kappa shape index (κ1) is 28.4. The van der Waals surface area contributed by atoms with Crippen LogP contribution in [0.25, 0.3) is 11.1 Å². The molecule has 0 aliphatic rings. The summed E-state index contributed by atoms with van der Waals surface area (Å²) in [7, 11) is -3.54. The number of halogens is 2. The molecule has 2 aromatic carbocycles. The average molecular weight is 498 g/mol. The summed E-state index contributed by atoms with van der Waals surface area (Å²) in [5.74, 6) is -0.240. The minimum Gasteiger partial charge on any atom is -0.493 e. The summed E-state index contributed by atoms with van der Waals surface area (Å²) in [5, 5.41) is 9.99. The molecule has 0 heterocycles. The normalized spacial score (nSPS) is 13.1. The predicted molar refractivity (Wildman–Crippen MR) is 132 cm³/mol. The molecule has 190 valence electrons. The van der Waals surface area contributed by atoms with Gasteiger partial charge in [-0.15, -0.1) is 5.25 Å². The van der Waals surface area contributed by atoms with E-state index < -0.39 is 13.3 Å². The van der Waals surface area contributed by atoms with E-state index in [1.54, 1.807) is 24.3 Å². The molecule has 0 bridgehead atoms. The van der Waals surface area contributed by atoms with Crippen LogP contribution in [0, 0.1) is 11.6 Å². The first-order chi connectivity index (χ1) is 16.4. The molecule has 5 nitrogen and oxygen atoms in total. The van der Waals surface area contributed by atoms with Gasteiger partial charge in [-0.05, 0) is 48.6 Å². The fraction of sp³-hybridized carbons (Fsp3) is 0.538. The summed E-state index contributed by atoms with van der Waals surface area (Å²) in [6.45, 7) is 2.52. The van der Waals surface area contributed by atoms with Gasteiger partial charge in [0.15, 0.2) is 0 Å². The molecule has 0 aliphatic heterocycles. The summed E-state index contributed by atoms with van der Waals surface area (Å²) in [6, 6.07) is 9.60. The molecule has 0 radical (unpaired) electrons. The van der Waals surface area contributed by atoms with Crippen LogP contribution in [0.15, 0.2) is 36.4 Å². The van der Waals surface area contributed by atoms with Crippen molar-refractivity contribution in [3.05, 3.63) is 53.6 Å². The van der Waals surface area contributed by atoms with Crippen LogP contribution in [-0.2, 0) is 11.0 Å². The maximum atomic E-state index is 14.6. The number of unbranched alkanes of at least 4 members (excludes halogenated alkanes) is 8. The highest BCUT2D eigenvalue weighted by molar-refractivity contribution is 7.55. The van der Waals surface area contributed by atoms with Crippen molar-refractivity contribution in [2.24, 2.45) is 0 Å². The summed E-state index contributed by atoms with van der Waals surface area (Å²) in [5.41, 5.74) is 1.54. The van der Waals surface area contributed by atoms with Crippen LogP contribution in [0.3, 0.4) is 0 Å². The Morgan fingerprint density at radius 2 is 1.53 bits per heavy atom. The Labute approximate surface area is 202 Å². The van der Waals surface area contributed by atoms with Crippen LogP contribution in [-0.4, -0.2) is 22.9 Å². The highest BCUT2D eigenvalue weighted by Gasteiger charge is 2.14. The van der Waals surface area contributed by atoms with E-state index in [1.165, 1.54) is 17.4 Å². The number of nitrogens with one attached hydrogen (secondary N) is 1. The van der Waals surface area contributed by atoms with E-state index in [2.05, 4.69) is 0 Å². The Morgan fingerprint density at radius 1 is 0.882 bits per heavy atom. The Hall–Kier alpha value is -1.79. The van der Waals surface area contributed by atoms with Crippen LogP contribution in [0.4, 0.5) is 8.78 Å². The van der Waals surface area contributed by atoms with Crippen molar-refractivity contribution in [2.75, 3.05) is 12.8 Å². The monoisotopic (exact) mass is 497 g/mol. The molecule has 3 N–H and O–H groups in total. The third-order valence-electron chi connectivity index (χ3n) is 5.85. The van der Waals surface area contributed by atoms with Crippen LogP contribution in [0.2, 0.25) is 0 Å². The van der Waals surface area contributed by atoms with Crippen molar-refractivity contribution < 1.29 is 28.2 Å². The molecular formula is C26H38F2NO4P. The highest BCUT2D eigenvalue weighted by atomic mass is 31.2. The summed E-state index contributed by atoms with van der Waals surface area (Å²) in [4.78, 5) is 9.20. The van der Waals surface area contributed by atoms with Crippen molar-refractivity contribution >= 4 is 7.52 Å². The molecule has 8 heteroatoms. The number of rotatable bonds is 17. The zero-order valence-electron chi connectivity index (χ0n) is 20.1. The number of benzene rings is 2. The molecule has 0 amide bonds. The molecule has 0 spiro atoms. The average Bonchev–Trinajstić information content (AvgIpc) is 2.81. The SMILES string of the molecule is CCCc1ccc(-c2ccc(OCCCCCCCCCCCP(=O)(O)NO)cc2F)cc1F. The number of aryl methyl sites for hydroxylation is 1. The van der Waals surface area contributed by atoms with Crippen LogP contribution in [0.5, 0.6) is 5.75 Å². The van der Waals surface area contributed by atoms with Gasteiger partial charge in [0.1, 0.15) is 17.4 Å². The lowest BCUT2D eigenvalue weighted by atomic mass is 10.0. The molecule has 1 atom stereocenters. The first-order valence-corrected chi connectivity index (χ1v) is 14.1. The molecule has 0 aliphatic carbocycles. The molecule has 0 aromatic heterocycles. The third kappa shape index (κ3) is 10.2. The van der Waals surface area contributed by atoms with Crippen LogP contribution >= 0.6 is 7.52 Å². The van der Waals surface area contributed by atoms with Gasteiger partial charge in [0, 0.05) is 17.8 Å². The van der Waals surface area contributed by atoms with E-state index in [1.807, 2.05) is 6.92 Å². The van der Waals surface area contributed by atoms with E-state index in [4.69, 9.17) is 9.94 Å². The smallest absolute Gasteiger partial charge is 0.289 e. The first-order valence-electron chi connectivity index (χ1n) is 12.3. The second-order valence-electron chi connectivity index (χ2n) is 8.75. The van der Waals surface area contributed by atoms with E-state index >= 15 is 0 Å². The van der Waals surface area contributed by atoms with Gasteiger partial charge in [-0.25, -0.2) is 8.78 Å². The van der Waals surface area contributed by atoms with Gasteiger partial charge < -0.3 is 14.8 Å². The standard InChI is InChI=1S/C26H38F2NO4P/c1-2-12-21-13-14-22(19-25(21)27)24-16-15-23(20-26(24)28)33-17-10-8-6-4-3-5-7-9-11-18-34(31,32)29-30/h13-16,19-20,30H,2-12,17-18H2,1H3,(H2,29,31,32). The number of ether oxygens (including phenoxy) is 1. The molecule has 1 unspecified atom stereocenters. The summed E-state index contributed by atoms with van der Waals surface area (Å²) < 4.78 is 45.7. The van der Waals surface area contributed by atoms with Gasteiger partial charge in [-0.2, -0.15) is 0 Å². The summed E-state index contributed by atoms with van der Waals surface area (Å²) >= 11 is 0. The molecular weight excluding hydrogens is 459 g/mol. The zero-order valence-corrected chi connectivity index (χ0v) is 21.0. The van der Waals surface area contributed by atoms with Gasteiger partial charge in [0.2, 0.25) is 0 Å². The predicted octanol–water partition coefficient (Wildman–Crippen LogP) is 7.64. The van der Waals surface area contributed by atoms with E-state index in [0.717, 1.165) is 57.8 Å². The lowest BCUT2D eigenvalue weighted by Gasteiger charge is -2.10. The molecule has 2 aromatic rings. The van der Waals surface area contributed by atoms with E-state index in [0.29, 0.717) is 41.9 Å². The lowest BCUT2D eigenvalue weighted by Crippen LogP contribution is -2.06. The zero-order chi connectivity index (χ0) is 24.8. The van der Waals surface area contributed by atoms with Crippen molar-refractivity contribution in [3.8, 4) is 16.9 Å². The molecule has 0 fully saturated rings. The second-order valence-corrected chi connectivity index (χ2v) is 10.8. The van der Waals surface area contributed by atoms with Gasteiger partial charge in [-0.1, -0.05) is 70.4 Å². The Kier molecular flexibility index (Phi) is 12.8. The Bertz CT molecular complexity index is 926. The minimum absolute atomic E-state index is 0.0980. The number of hydrogen-bond donors (Lipinski definition) is 3. The fourth-order valence-corrected chi connectivity index (χ4v) is 4.66. The van der Waals surface area contributed by atoms with Crippen molar-refractivity contribution in [2.45, 2.75) is 77.6 Å². The molecule has 0 saturated heterocycles. The molecule has 34 heavy (non-hydrogen) atoms. The highest BCUT2D eigenvalue weighted by Crippen LogP contribution is 2.35. The molecule has 0 saturated carbocycles. The Balaban J connectivity index is 1.59. The van der Waals surface area contributed by atoms with Crippen molar-refractivity contribution in [3.63, 3.8) is 0 Å². The van der Waals surface area contributed by atoms with Crippen molar-refractivity contribution in [1.29, 1.82) is 0 Å². The molecule has 2 rings (SSSR count). The van der Waals surface area contributed by atoms with Crippen LogP contribution in [0.1, 0.15) is 76.7 Å². The topological polar surface area (TPSA) is 78.8 Å². The lowest BCUT2D eigenvalue weighted by molar-refractivity contribution is 0.222. The maximum Gasteiger partial charge on any atom is 0.289 e. The quantitative estimate of drug-likeness (QED) is 0.119.